The van der Waals surface area contributed by atoms with Crippen LogP contribution in [0.2, 0.25) is 0 Å². The lowest BCUT2D eigenvalue weighted by molar-refractivity contribution is -0.117. The third kappa shape index (κ3) is 5.57. The molecule has 0 saturated heterocycles. The number of para-hydroxylation sites is 2. The Balaban J connectivity index is 2.11. The second kappa shape index (κ2) is 9.56. The molecule has 2 aromatic carbocycles. The Bertz CT molecular complexity index is 742. The number of likely N-dealkylation sites (N-methyl/N-ethyl adjacent to an activating group) is 1. The van der Waals surface area contributed by atoms with Gasteiger partial charge in [-0.15, -0.1) is 0 Å². The van der Waals surface area contributed by atoms with Gasteiger partial charge in [0.1, 0.15) is 5.75 Å². The smallest absolute Gasteiger partial charge is 0.238 e. The van der Waals surface area contributed by atoms with E-state index in [1.54, 1.807) is 7.11 Å². The number of nitrogens with one attached hydrogen (secondary N) is 1. The van der Waals surface area contributed by atoms with Crippen molar-refractivity contribution >= 4 is 11.6 Å². The van der Waals surface area contributed by atoms with Gasteiger partial charge in [0.15, 0.2) is 0 Å². The summed E-state index contributed by atoms with van der Waals surface area (Å²) in [6, 6.07) is 14.2. The van der Waals surface area contributed by atoms with Crippen molar-refractivity contribution in [2.24, 2.45) is 0 Å². The van der Waals surface area contributed by atoms with Crippen molar-refractivity contribution < 1.29 is 9.53 Å². The number of ether oxygens (including phenoxy) is 1. The van der Waals surface area contributed by atoms with Gasteiger partial charge in [0, 0.05) is 17.8 Å². The summed E-state index contributed by atoms with van der Waals surface area (Å²) in [4.78, 5) is 14.7. The van der Waals surface area contributed by atoms with E-state index in [0.717, 1.165) is 17.0 Å². The SMILES string of the molecule is COc1ccccc1CN(C)CC(=O)Nc1c(C(C)C)cccc1C(C)C. The highest BCUT2D eigenvalue weighted by Gasteiger charge is 2.17. The van der Waals surface area contributed by atoms with Crippen LogP contribution < -0.4 is 10.1 Å². The average Bonchev–Trinajstić information content (AvgIpc) is 2.61. The van der Waals surface area contributed by atoms with Gasteiger partial charge in [-0.05, 0) is 36.1 Å². The van der Waals surface area contributed by atoms with Crippen molar-refractivity contribution in [2.75, 3.05) is 26.0 Å². The fourth-order valence-electron chi connectivity index (χ4n) is 3.30. The maximum Gasteiger partial charge on any atom is 0.238 e. The lowest BCUT2D eigenvalue weighted by Gasteiger charge is -2.22. The van der Waals surface area contributed by atoms with Crippen LogP contribution in [0.3, 0.4) is 0 Å². The van der Waals surface area contributed by atoms with Crippen LogP contribution in [0.4, 0.5) is 5.69 Å². The number of rotatable bonds is 8. The molecule has 146 valence electrons. The predicted octanol–water partition coefficient (Wildman–Crippen LogP) is 5.01. The molecule has 2 rings (SSSR count). The van der Waals surface area contributed by atoms with Crippen LogP contribution >= 0.6 is 0 Å². The second-order valence-electron chi connectivity index (χ2n) is 7.65. The van der Waals surface area contributed by atoms with E-state index < -0.39 is 0 Å². The van der Waals surface area contributed by atoms with E-state index in [9.17, 15) is 4.79 Å². The molecule has 4 heteroatoms. The monoisotopic (exact) mass is 368 g/mol. The van der Waals surface area contributed by atoms with Crippen molar-refractivity contribution in [2.45, 2.75) is 46.1 Å². The fraction of sp³-hybridized carbons (Fsp3) is 0.435. The summed E-state index contributed by atoms with van der Waals surface area (Å²) in [6.45, 7) is 9.60. The highest BCUT2D eigenvalue weighted by molar-refractivity contribution is 5.94. The molecule has 0 atom stereocenters. The number of hydrogen-bond donors (Lipinski definition) is 1. The Morgan fingerprint density at radius 1 is 1.00 bits per heavy atom. The molecule has 0 fully saturated rings. The first kappa shape index (κ1) is 21.0. The van der Waals surface area contributed by atoms with Crippen molar-refractivity contribution in [1.29, 1.82) is 0 Å². The topological polar surface area (TPSA) is 41.6 Å². The standard InChI is InChI=1S/C23H32N2O2/c1-16(2)19-11-9-12-20(17(3)4)23(19)24-22(26)15-25(5)14-18-10-7-8-13-21(18)27-6/h7-13,16-17H,14-15H2,1-6H3,(H,24,26). The maximum absolute atomic E-state index is 12.7. The first-order chi connectivity index (χ1) is 12.8. The number of benzene rings is 2. The molecule has 0 radical (unpaired) electrons. The lowest BCUT2D eigenvalue weighted by atomic mass is 9.92. The number of carbonyl (C=O) groups excluding carboxylic acids is 1. The van der Waals surface area contributed by atoms with Crippen LogP contribution in [0.25, 0.3) is 0 Å². The van der Waals surface area contributed by atoms with E-state index in [-0.39, 0.29) is 5.91 Å². The molecule has 0 aliphatic heterocycles. The van der Waals surface area contributed by atoms with Crippen LogP contribution in [0, 0.1) is 0 Å². The highest BCUT2D eigenvalue weighted by atomic mass is 16.5. The molecule has 1 N–H and O–H groups in total. The van der Waals surface area contributed by atoms with Gasteiger partial charge in [-0.3, -0.25) is 9.69 Å². The number of nitrogens with zero attached hydrogens (tertiary/aromatic N) is 1. The summed E-state index contributed by atoms with van der Waals surface area (Å²) >= 11 is 0. The summed E-state index contributed by atoms with van der Waals surface area (Å²) in [7, 11) is 3.62. The van der Waals surface area contributed by atoms with Gasteiger partial charge < -0.3 is 10.1 Å². The number of amides is 1. The Labute approximate surface area is 163 Å². The zero-order valence-corrected chi connectivity index (χ0v) is 17.4. The van der Waals surface area contributed by atoms with E-state index in [1.165, 1.54) is 11.1 Å². The van der Waals surface area contributed by atoms with Gasteiger partial charge in [-0.2, -0.15) is 0 Å². The largest absolute Gasteiger partial charge is 0.496 e. The summed E-state index contributed by atoms with van der Waals surface area (Å²) in [5.74, 6) is 1.55. The molecule has 27 heavy (non-hydrogen) atoms. The minimum Gasteiger partial charge on any atom is -0.496 e. The highest BCUT2D eigenvalue weighted by Crippen LogP contribution is 2.32. The Hall–Kier alpha value is -2.33. The lowest BCUT2D eigenvalue weighted by Crippen LogP contribution is -2.30. The summed E-state index contributed by atoms with van der Waals surface area (Å²) in [5, 5.41) is 3.18. The molecule has 4 nitrogen and oxygen atoms in total. The van der Waals surface area contributed by atoms with Gasteiger partial charge in [0.2, 0.25) is 5.91 Å². The normalized spacial score (nSPS) is 11.3. The van der Waals surface area contributed by atoms with Gasteiger partial charge in [0.05, 0.1) is 13.7 Å². The van der Waals surface area contributed by atoms with E-state index in [0.29, 0.717) is 24.9 Å². The summed E-state index contributed by atoms with van der Waals surface area (Å²) in [6.07, 6.45) is 0. The first-order valence-corrected chi connectivity index (χ1v) is 9.56. The minimum atomic E-state index is 0.00222. The molecular weight excluding hydrogens is 336 g/mol. The Kier molecular flexibility index (Phi) is 7.43. The second-order valence-corrected chi connectivity index (χ2v) is 7.65. The summed E-state index contributed by atoms with van der Waals surface area (Å²) in [5.41, 5.74) is 4.41. The van der Waals surface area contributed by atoms with Crippen molar-refractivity contribution in [3.63, 3.8) is 0 Å². The molecule has 0 saturated carbocycles. The quantitative estimate of drug-likeness (QED) is 0.712. The number of hydrogen-bond acceptors (Lipinski definition) is 3. The minimum absolute atomic E-state index is 0.00222. The van der Waals surface area contributed by atoms with E-state index in [4.69, 9.17) is 4.74 Å². The Morgan fingerprint density at radius 3 is 2.15 bits per heavy atom. The molecule has 0 aliphatic carbocycles. The predicted molar refractivity (Wildman–Crippen MR) is 113 cm³/mol. The zero-order valence-electron chi connectivity index (χ0n) is 17.4. The summed E-state index contributed by atoms with van der Waals surface area (Å²) < 4.78 is 5.40. The van der Waals surface area contributed by atoms with Crippen molar-refractivity contribution in [1.82, 2.24) is 4.90 Å². The van der Waals surface area contributed by atoms with Crippen LogP contribution in [0.15, 0.2) is 42.5 Å². The molecule has 0 bridgehead atoms. The van der Waals surface area contributed by atoms with Crippen LogP contribution in [0.1, 0.15) is 56.2 Å². The van der Waals surface area contributed by atoms with E-state index >= 15 is 0 Å². The fourth-order valence-corrected chi connectivity index (χ4v) is 3.30. The van der Waals surface area contributed by atoms with E-state index in [1.807, 2.05) is 36.2 Å². The number of carbonyl (C=O) groups is 1. The van der Waals surface area contributed by atoms with Gasteiger partial charge >= 0.3 is 0 Å². The molecule has 0 aliphatic rings. The average molecular weight is 369 g/mol. The number of anilines is 1. The van der Waals surface area contributed by atoms with E-state index in [2.05, 4.69) is 51.2 Å². The molecule has 2 aromatic rings. The van der Waals surface area contributed by atoms with Crippen LogP contribution in [-0.2, 0) is 11.3 Å². The van der Waals surface area contributed by atoms with Gasteiger partial charge in [-0.25, -0.2) is 0 Å². The molecule has 0 spiro atoms. The molecular formula is C23H32N2O2. The van der Waals surface area contributed by atoms with Crippen molar-refractivity contribution in [3.05, 3.63) is 59.2 Å². The molecule has 0 heterocycles. The third-order valence-electron chi connectivity index (χ3n) is 4.68. The zero-order chi connectivity index (χ0) is 20.0. The van der Waals surface area contributed by atoms with Gasteiger partial charge in [0.25, 0.3) is 0 Å². The van der Waals surface area contributed by atoms with Crippen LogP contribution in [0.5, 0.6) is 5.75 Å². The van der Waals surface area contributed by atoms with Crippen molar-refractivity contribution in [3.8, 4) is 5.75 Å². The van der Waals surface area contributed by atoms with Gasteiger partial charge in [-0.1, -0.05) is 64.1 Å². The molecule has 0 unspecified atom stereocenters. The maximum atomic E-state index is 12.7. The van der Waals surface area contributed by atoms with Crippen LogP contribution in [-0.4, -0.2) is 31.5 Å². The Morgan fingerprint density at radius 2 is 1.59 bits per heavy atom. The molecule has 1 amide bonds. The third-order valence-corrected chi connectivity index (χ3v) is 4.68. The molecule has 0 aromatic heterocycles. The number of methoxy groups -OCH3 is 1. The first-order valence-electron chi connectivity index (χ1n) is 9.56.